The molecule has 1 heterocycles. The van der Waals surface area contributed by atoms with Crippen molar-refractivity contribution in [3.8, 4) is 11.1 Å². The van der Waals surface area contributed by atoms with Gasteiger partial charge in [0.05, 0.1) is 19.3 Å². The molecule has 210 valence electrons. The van der Waals surface area contributed by atoms with E-state index in [9.17, 15) is 19.8 Å². The fourth-order valence-electron chi connectivity index (χ4n) is 7.34. The van der Waals surface area contributed by atoms with Crippen LogP contribution in [0.3, 0.4) is 0 Å². The van der Waals surface area contributed by atoms with Crippen LogP contribution < -0.4 is 11.1 Å². The Bertz CT molecular complexity index is 1210. The molecule has 0 radical (unpaired) electrons. The van der Waals surface area contributed by atoms with Crippen LogP contribution in [0.4, 0.5) is 0 Å². The van der Waals surface area contributed by atoms with Crippen LogP contribution in [0.1, 0.15) is 56.5 Å². The molecular formula is C31H41N3O5. The van der Waals surface area contributed by atoms with Gasteiger partial charge in [-0.15, -0.1) is 0 Å². The Balaban J connectivity index is 1.36. The van der Waals surface area contributed by atoms with Crippen molar-refractivity contribution in [3.05, 3.63) is 59.7 Å². The summed E-state index contributed by atoms with van der Waals surface area (Å²) in [5, 5.41) is 25.7. The number of hydroxylamine groups is 2. The van der Waals surface area contributed by atoms with Gasteiger partial charge in [-0.25, -0.2) is 0 Å². The number of carbonyl (C=O) groups is 2. The molecule has 8 nitrogen and oxygen atoms in total. The summed E-state index contributed by atoms with van der Waals surface area (Å²) in [5.41, 5.74) is 8.94. The summed E-state index contributed by atoms with van der Waals surface area (Å²) in [5.74, 6) is 0.379. The normalized spacial score (nSPS) is 32.3. The number of fused-ring (bicyclic) bond motifs is 2. The standard InChI is InChI=1S/C31H41N3O5/c1-17-24-13-23(31(24,3)4)14-25(17)33-30(38)28-27(18(2)36)26(16-35)39-34(28)15-19-6-5-7-22(12-19)20-8-10-21(11-9-20)29(32)37/h5-12,17-18,23-28,35-36H,13-16H2,1-4H3,(H2,32,37)(H,33,38)/t17-,18-,23-,24+,25-,26-,27+,28-/m0/s1. The Morgan fingerprint density at radius 2 is 1.87 bits per heavy atom. The van der Waals surface area contributed by atoms with Crippen molar-refractivity contribution in [2.45, 2.75) is 71.4 Å². The van der Waals surface area contributed by atoms with Crippen molar-refractivity contribution in [2.75, 3.05) is 6.61 Å². The maximum absolute atomic E-state index is 13.8. The quantitative estimate of drug-likeness (QED) is 0.412. The van der Waals surface area contributed by atoms with E-state index in [1.807, 2.05) is 36.4 Å². The van der Waals surface area contributed by atoms with Crippen LogP contribution >= 0.6 is 0 Å². The number of primary amides is 1. The summed E-state index contributed by atoms with van der Waals surface area (Å²) in [4.78, 5) is 31.4. The van der Waals surface area contributed by atoms with Crippen LogP contribution in [0.5, 0.6) is 0 Å². The highest BCUT2D eigenvalue weighted by Gasteiger charge is 2.57. The van der Waals surface area contributed by atoms with E-state index in [0.29, 0.717) is 35.3 Å². The van der Waals surface area contributed by atoms with Crippen molar-refractivity contribution >= 4 is 11.8 Å². The fourth-order valence-corrected chi connectivity index (χ4v) is 7.34. The van der Waals surface area contributed by atoms with Crippen LogP contribution in [0.2, 0.25) is 0 Å². The average Bonchev–Trinajstić information content (AvgIpc) is 3.28. The molecule has 6 rings (SSSR count). The van der Waals surface area contributed by atoms with Crippen molar-refractivity contribution in [3.63, 3.8) is 0 Å². The minimum absolute atomic E-state index is 0.0886. The average molecular weight is 536 g/mol. The van der Waals surface area contributed by atoms with E-state index in [4.69, 9.17) is 10.6 Å². The first kappa shape index (κ1) is 27.8. The predicted octanol–water partition coefficient (Wildman–Crippen LogP) is 3.11. The number of rotatable bonds is 8. The number of amides is 2. The molecule has 1 saturated heterocycles. The van der Waals surface area contributed by atoms with Gasteiger partial charge in [0.15, 0.2) is 0 Å². The zero-order valence-electron chi connectivity index (χ0n) is 23.2. The lowest BCUT2D eigenvalue weighted by molar-refractivity contribution is -0.183. The Hall–Kier alpha value is -2.78. The lowest BCUT2D eigenvalue weighted by Crippen LogP contribution is -2.62. The molecule has 4 fully saturated rings. The van der Waals surface area contributed by atoms with Crippen molar-refractivity contribution in [1.29, 1.82) is 0 Å². The molecular weight excluding hydrogens is 494 g/mol. The minimum Gasteiger partial charge on any atom is -0.394 e. The summed E-state index contributed by atoms with van der Waals surface area (Å²) in [7, 11) is 0. The molecule has 39 heavy (non-hydrogen) atoms. The van der Waals surface area contributed by atoms with Crippen LogP contribution in [0.15, 0.2) is 48.5 Å². The van der Waals surface area contributed by atoms with Crippen LogP contribution in [0, 0.1) is 29.1 Å². The lowest BCUT2D eigenvalue weighted by Gasteiger charge is -2.62. The molecule has 2 amide bonds. The van der Waals surface area contributed by atoms with Crippen LogP contribution in [-0.2, 0) is 16.2 Å². The molecule has 8 atom stereocenters. The highest BCUT2D eigenvalue weighted by atomic mass is 16.7. The van der Waals surface area contributed by atoms with Crippen LogP contribution in [-0.4, -0.2) is 58.0 Å². The fraction of sp³-hybridized carbons (Fsp3) is 0.548. The van der Waals surface area contributed by atoms with Crippen molar-refractivity contribution in [2.24, 2.45) is 34.8 Å². The zero-order valence-corrected chi connectivity index (χ0v) is 23.2. The zero-order chi connectivity index (χ0) is 28.1. The highest BCUT2D eigenvalue weighted by molar-refractivity contribution is 5.93. The van der Waals surface area contributed by atoms with Gasteiger partial charge in [-0.3, -0.25) is 14.4 Å². The third-order valence-electron chi connectivity index (χ3n) is 9.83. The molecule has 5 N–H and O–H groups in total. The number of benzene rings is 2. The molecule has 8 heteroatoms. The second-order valence-electron chi connectivity index (χ2n) is 12.4. The van der Waals surface area contributed by atoms with E-state index in [1.54, 1.807) is 24.1 Å². The topological polar surface area (TPSA) is 125 Å². The largest absolute Gasteiger partial charge is 0.394 e. The van der Waals surface area contributed by atoms with Gasteiger partial charge < -0.3 is 21.3 Å². The lowest BCUT2D eigenvalue weighted by atomic mass is 9.45. The second kappa shape index (κ2) is 10.7. The number of aliphatic hydroxyl groups excluding tert-OH is 2. The van der Waals surface area contributed by atoms with E-state index in [0.717, 1.165) is 23.1 Å². The van der Waals surface area contributed by atoms with Gasteiger partial charge in [-0.05, 0) is 77.8 Å². The molecule has 4 aliphatic rings. The Labute approximate surface area is 230 Å². The van der Waals surface area contributed by atoms with Gasteiger partial charge in [0.2, 0.25) is 11.8 Å². The molecule has 0 unspecified atom stereocenters. The van der Waals surface area contributed by atoms with E-state index >= 15 is 0 Å². The smallest absolute Gasteiger partial charge is 0.248 e. The van der Waals surface area contributed by atoms with E-state index in [2.05, 4.69) is 26.1 Å². The summed E-state index contributed by atoms with van der Waals surface area (Å²) < 4.78 is 0. The van der Waals surface area contributed by atoms with Gasteiger partial charge in [0.25, 0.3) is 0 Å². The number of nitrogens with two attached hydrogens (primary N) is 1. The van der Waals surface area contributed by atoms with Gasteiger partial charge in [0, 0.05) is 17.5 Å². The number of nitrogens with zero attached hydrogens (tertiary/aromatic N) is 1. The molecule has 2 aromatic rings. The van der Waals surface area contributed by atoms with Gasteiger partial charge in [-0.2, -0.15) is 5.06 Å². The molecule has 0 spiro atoms. The third kappa shape index (κ3) is 5.11. The van der Waals surface area contributed by atoms with E-state index in [1.165, 1.54) is 6.42 Å². The molecule has 2 bridgehead atoms. The van der Waals surface area contributed by atoms with Gasteiger partial charge in [-0.1, -0.05) is 51.1 Å². The Morgan fingerprint density at radius 1 is 1.15 bits per heavy atom. The minimum atomic E-state index is -0.839. The first-order chi connectivity index (χ1) is 18.5. The molecule has 0 aromatic heterocycles. The predicted molar refractivity (Wildman–Crippen MR) is 148 cm³/mol. The molecule has 1 aliphatic heterocycles. The van der Waals surface area contributed by atoms with Gasteiger partial charge >= 0.3 is 0 Å². The maximum atomic E-state index is 13.8. The van der Waals surface area contributed by atoms with Crippen molar-refractivity contribution in [1.82, 2.24) is 10.4 Å². The van der Waals surface area contributed by atoms with Crippen molar-refractivity contribution < 1.29 is 24.6 Å². The second-order valence-corrected chi connectivity index (χ2v) is 12.4. The Kier molecular flexibility index (Phi) is 7.59. The number of aliphatic hydroxyl groups is 2. The summed E-state index contributed by atoms with van der Waals surface area (Å²) >= 11 is 0. The number of carbonyl (C=O) groups excluding carboxylic acids is 2. The summed E-state index contributed by atoms with van der Waals surface area (Å²) in [6.45, 7) is 8.58. The monoisotopic (exact) mass is 535 g/mol. The third-order valence-corrected chi connectivity index (χ3v) is 9.83. The van der Waals surface area contributed by atoms with Gasteiger partial charge in [0.1, 0.15) is 12.1 Å². The number of nitrogens with one attached hydrogen (secondary N) is 1. The molecule has 3 saturated carbocycles. The Morgan fingerprint density at radius 3 is 2.46 bits per heavy atom. The maximum Gasteiger partial charge on any atom is 0.248 e. The van der Waals surface area contributed by atoms with Crippen LogP contribution in [0.25, 0.3) is 11.1 Å². The van der Waals surface area contributed by atoms with E-state index < -0.39 is 30.1 Å². The first-order valence-corrected chi connectivity index (χ1v) is 14.0. The highest BCUT2D eigenvalue weighted by Crippen LogP contribution is 2.61. The van der Waals surface area contributed by atoms with E-state index in [-0.39, 0.29) is 18.6 Å². The molecule has 2 aromatic carbocycles. The summed E-state index contributed by atoms with van der Waals surface area (Å²) in [6.07, 6.45) is 0.669. The number of hydrogen-bond acceptors (Lipinski definition) is 6. The summed E-state index contributed by atoms with van der Waals surface area (Å²) in [6, 6.07) is 14.3. The number of hydrogen-bond donors (Lipinski definition) is 4. The first-order valence-electron chi connectivity index (χ1n) is 14.0. The SMILES string of the molecule is C[C@@H]1[C@@H](NC(=O)[C@@H]2[C@H]([C@H](C)O)[C@H](CO)ON2Cc2cccc(-c3ccc(C(N)=O)cc3)c2)C[C@@H]2C[C@H]1C2(C)C. The molecule has 3 aliphatic carbocycles.